The van der Waals surface area contributed by atoms with Gasteiger partial charge in [-0.1, -0.05) is 19.1 Å². The summed E-state index contributed by atoms with van der Waals surface area (Å²) < 4.78 is 1.91. The predicted octanol–water partition coefficient (Wildman–Crippen LogP) is 1.79. The van der Waals surface area contributed by atoms with Crippen molar-refractivity contribution in [2.75, 3.05) is 13.1 Å². The van der Waals surface area contributed by atoms with Crippen molar-refractivity contribution in [3.8, 4) is 0 Å². The van der Waals surface area contributed by atoms with Crippen LogP contribution in [0.4, 0.5) is 0 Å². The Balaban J connectivity index is 2.09. The minimum absolute atomic E-state index is 0.00837. The molecular weight excluding hydrogens is 226 g/mol. The second kappa shape index (κ2) is 6.31. The summed E-state index contributed by atoms with van der Waals surface area (Å²) in [5.74, 6) is 0. The van der Waals surface area contributed by atoms with Gasteiger partial charge in [0.2, 0.25) is 5.43 Å². The van der Waals surface area contributed by atoms with Crippen LogP contribution >= 0.6 is 0 Å². The van der Waals surface area contributed by atoms with Crippen molar-refractivity contribution in [3.05, 3.63) is 40.7 Å². The second-order valence-electron chi connectivity index (χ2n) is 4.35. The van der Waals surface area contributed by atoms with Gasteiger partial charge in [-0.25, -0.2) is 0 Å². The van der Waals surface area contributed by atoms with Gasteiger partial charge >= 0.3 is 0 Å². The summed E-state index contributed by atoms with van der Waals surface area (Å²) in [5, 5.41) is 8.31. The first-order chi connectivity index (χ1) is 8.83. The molecular formula is C14H19N3O. The molecule has 96 valence electrons. The van der Waals surface area contributed by atoms with E-state index in [4.69, 9.17) is 0 Å². The van der Waals surface area contributed by atoms with E-state index in [1.54, 1.807) is 0 Å². The molecule has 4 nitrogen and oxygen atoms in total. The maximum atomic E-state index is 11.7. The third-order valence-electron chi connectivity index (χ3n) is 2.91. The first-order valence-corrected chi connectivity index (χ1v) is 6.48. The third kappa shape index (κ3) is 2.96. The molecule has 2 rings (SSSR count). The standard InChI is InChI=1S/C14H19N3O/c1-2-8-15-9-5-10-17-13-7-4-3-6-12(13)14(18)11-16-17/h3-4,6-7,11,15H,2,5,8-10H2,1H3. The highest BCUT2D eigenvalue weighted by molar-refractivity contribution is 5.77. The van der Waals surface area contributed by atoms with Crippen molar-refractivity contribution >= 4 is 10.9 Å². The number of para-hydroxylation sites is 1. The zero-order valence-electron chi connectivity index (χ0n) is 10.7. The molecule has 0 radical (unpaired) electrons. The van der Waals surface area contributed by atoms with Gasteiger partial charge in [-0.15, -0.1) is 0 Å². The second-order valence-corrected chi connectivity index (χ2v) is 4.35. The first kappa shape index (κ1) is 12.8. The maximum absolute atomic E-state index is 11.7. The van der Waals surface area contributed by atoms with Crippen LogP contribution < -0.4 is 10.7 Å². The van der Waals surface area contributed by atoms with Crippen LogP contribution in [0.1, 0.15) is 19.8 Å². The number of benzene rings is 1. The van der Waals surface area contributed by atoms with Crippen molar-refractivity contribution in [1.29, 1.82) is 0 Å². The van der Waals surface area contributed by atoms with Crippen LogP contribution in [-0.4, -0.2) is 22.9 Å². The fourth-order valence-electron chi connectivity index (χ4n) is 1.99. The lowest BCUT2D eigenvalue weighted by atomic mass is 10.2. The molecule has 0 aliphatic heterocycles. The van der Waals surface area contributed by atoms with Gasteiger partial charge in [-0.3, -0.25) is 9.48 Å². The summed E-state index contributed by atoms with van der Waals surface area (Å²) in [5.41, 5.74) is 0.909. The Morgan fingerprint density at radius 3 is 2.94 bits per heavy atom. The Kier molecular flexibility index (Phi) is 4.47. The molecule has 0 spiro atoms. The monoisotopic (exact) mass is 245 g/mol. The van der Waals surface area contributed by atoms with Crippen molar-refractivity contribution in [2.45, 2.75) is 26.3 Å². The van der Waals surface area contributed by atoms with Crippen LogP contribution in [0.25, 0.3) is 10.9 Å². The van der Waals surface area contributed by atoms with Gasteiger partial charge in [0, 0.05) is 11.9 Å². The molecule has 0 saturated heterocycles. The summed E-state index contributed by atoms with van der Waals surface area (Å²) in [4.78, 5) is 11.7. The van der Waals surface area contributed by atoms with E-state index in [1.165, 1.54) is 6.20 Å². The molecule has 0 bridgehead atoms. The van der Waals surface area contributed by atoms with E-state index in [-0.39, 0.29) is 5.43 Å². The van der Waals surface area contributed by atoms with Crippen LogP contribution in [0.2, 0.25) is 0 Å². The van der Waals surface area contributed by atoms with E-state index < -0.39 is 0 Å². The third-order valence-corrected chi connectivity index (χ3v) is 2.91. The van der Waals surface area contributed by atoms with Gasteiger partial charge in [0.25, 0.3) is 0 Å². The van der Waals surface area contributed by atoms with Gasteiger partial charge in [0.1, 0.15) is 0 Å². The number of rotatable bonds is 6. The molecule has 1 heterocycles. The van der Waals surface area contributed by atoms with E-state index in [0.717, 1.165) is 43.4 Å². The minimum Gasteiger partial charge on any atom is -0.317 e. The first-order valence-electron chi connectivity index (χ1n) is 6.48. The van der Waals surface area contributed by atoms with Gasteiger partial charge in [0.15, 0.2) is 0 Å². The van der Waals surface area contributed by atoms with E-state index in [1.807, 2.05) is 28.9 Å². The molecule has 0 atom stereocenters. The summed E-state index contributed by atoms with van der Waals surface area (Å²) in [6, 6.07) is 7.63. The van der Waals surface area contributed by atoms with Gasteiger partial charge in [-0.2, -0.15) is 5.10 Å². The summed E-state index contributed by atoms with van der Waals surface area (Å²) in [6.07, 6.45) is 3.57. The van der Waals surface area contributed by atoms with Crippen molar-refractivity contribution in [2.24, 2.45) is 0 Å². The molecule has 0 saturated carbocycles. The molecule has 0 aliphatic rings. The van der Waals surface area contributed by atoms with E-state index in [2.05, 4.69) is 17.3 Å². The summed E-state index contributed by atoms with van der Waals surface area (Å²) in [6.45, 7) is 5.02. The molecule has 18 heavy (non-hydrogen) atoms. The molecule has 0 fully saturated rings. The SMILES string of the molecule is CCCNCCCn1ncc(=O)c2ccccc21. The number of fused-ring (bicyclic) bond motifs is 1. The van der Waals surface area contributed by atoms with Gasteiger partial charge < -0.3 is 5.32 Å². The van der Waals surface area contributed by atoms with Gasteiger partial charge in [0.05, 0.1) is 11.7 Å². The number of aromatic nitrogens is 2. The smallest absolute Gasteiger partial charge is 0.207 e. The van der Waals surface area contributed by atoms with Crippen molar-refractivity contribution in [3.63, 3.8) is 0 Å². The number of nitrogens with one attached hydrogen (secondary N) is 1. The molecule has 1 aromatic carbocycles. The number of hydrogen-bond donors (Lipinski definition) is 1. The Morgan fingerprint density at radius 1 is 1.28 bits per heavy atom. The average Bonchev–Trinajstić information content (AvgIpc) is 2.41. The van der Waals surface area contributed by atoms with Crippen molar-refractivity contribution in [1.82, 2.24) is 15.1 Å². The lowest BCUT2D eigenvalue weighted by Crippen LogP contribution is -2.19. The average molecular weight is 245 g/mol. The minimum atomic E-state index is -0.00837. The topological polar surface area (TPSA) is 46.9 Å². The predicted molar refractivity (Wildman–Crippen MR) is 73.8 cm³/mol. The van der Waals surface area contributed by atoms with Gasteiger partial charge in [-0.05, 0) is 38.1 Å². The quantitative estimate of drug-likeness (QED) is 0.789. The summed E-state index contributed by atoms with van der Waals surface area (Å²) in [7, 11) is 0. The molecule has 4 heteroatoms. The van der Waals surface area contributed by atoms with E-state index >= 15 is 0 Å². The molecule has 0 amide bonds. The Morgan fingerprint density at radius 2 is 2.11 bits per heavy atom. The normalized spacial score (nSPS) is 10.9. The van der Waals surface area contributed by atoms with E-state index in [0.29, 0.717) is 0 Å². The van der Waals surface area contributed by atoms with Crippen LogP contribution in [-0.2, 0) is 6.54 Å². The Bertz CT molecular complexity index is 562. The lowest BCUT2D eigenvalue weighted by Gasteiger charge is -2.09. The molecule has 0 aliphatic carbocycles. The van der Waals surface area contributed by atoms with Crippen molar-refractivity contribution < 1.29 is 0 Å². The number of aryl methyl sites for hydroxylation is 1. The zero-order chi connectivity index (χ0) is 12.8. The van der Waals surface area contributed by atoms with Crippen LogP contribution in [0.5, 0.6) is 0 Å². The summed E-state index contributed by atoms with van der Waals surface area (Å²) >= 11 is 0. The largest absolute Gasteiger partial charge is 0.317 e. The lowest BCUT2D eigenvalue weighted by molar-refractivity contribution is 0.548. The highest BCUT2D eigenvalue weighted by atomic mass is 16.1. The van der Waals surface area contributed by atoms with Crippen LogP contribution in [0.15, 0.2) is 35.3 Å². The molecule has 2 aromatic rings. The maximum Gasteiger partial charge on any atom is 0.207 e. The number of nitrogens with zero attached hydrogens (tertiary/aromatic N) is 2. The number of hydrogen-bond acceptors (Lipinski definition) is 3. The Hall–Kier alpha value is -1.68. The molecule has 1 aromatic heterocycles. The fraction of sp³-hybridized carbons (Fsp3) is 0.429. The highest BCUT2D eigenvalue weighted by Crippen LogP contribution is 2.07. The van der Waals surface area contributed by atoms with Crippen LogP contribution in [0.3, 0.4) is 0 Å². The highest BCUT2D eigenvalue weighted by Gasteiger charge is 2.02. The molecule has 1 N–H and O–H groups in total. The molecule has 0 unspecified atom stereocenters. The zero-order valence-corrected chi connectivity index (χ0v) is 10.7. The van der Waals surface area contributed by atoms with Crippen LogP contribution in [0, 0.1) is 0 Å². The fourth-order valence-corrected chi connectivity index (χ4v) is 1.99. The van der Waals surface area contributed by atoms with E-state index in [9.17, 15) is 4.79 Å². The Labute approximate surface area is 107 Å².